The quantitative estimate of drug-likeness (QED) is 0.332. The van der Waals surface area contributed by atoms with Crippen molar-refractivity contribution < 1.29 is 4.79 Å². The normalized spacial score (nSPS) is 10.7. The number of aromatic nitrogens is 3. The van der Waals surface area contributed by atoms with Crippen LogP contribution in [0.2, 0.25) is 0 Å². The predicted octanol–water partition coefficient (Wildman–Crippen LogP) is 4.77. The van der Waals surface area contributed by atoms with E-state index in [2.05, 4.69) is 32.9 Å². The van der Waals surface area contributed by atoms with Gasteiger partial charge in [0.25, 0.3) is 0 Å². The van der Waals surface area contributed by atoms with Crippen molar-refractivity contribution in [3.05, 3.63) is 99.8 Å². The van der Waals surface area contributed by atoms with E-state index in [-0.39, 0.29) is 5.78 Å². The van der Waals surface area contributed by atoms with Crippen LogP contribution in [0.4, 0.5) is 0 Å². The maximum absolute atomic E-state index is 13.0. The molecule has 0 spiro atoms. The Morgan fingerprint density at radius 2 is 1.42 bits per heavy atom. The molecule has 3 aromatic carbocycles. The Morgan fingerprint density at radius 1 is 0.808 bits per heavy atom. The largest absolute Gasteiger partial charge is 0.287 e. The highest BCUT2D eigenvalue weighted by atomic mass is 127. The van der Waals surface area contributed by atoms with E-state index in [4.69, 9.17) is 0 Å². The summed E-state index contributed by atoms with van der Waals surface area (Å²) in [5.74, 6) is -0.138. The van der Waals surface area contributed by atoms with Gasteiger partial charge in [-0.15, -0.1) is 5.10 Å². The van der Waals surface area contributed by atoms with E-state index in [1.807, 2.05) is 72.8 Å². The van der Waals surface area contributed by atoms with Crippen molar-refractivity contribution in [3.63, 3.8) is 0 Å². The monoisotopic (exact) mass is 451 g/mol. The Bertz CT molecular complexity index is 1040. The van der Waals surface area contributed by atoms with Crippen molar-refractivity contribution in [1.82, 2.24) is 15.0 Å². The fourth-order valence-electron chi connectivity index (χ4n) is 2.78. The van der Waals surface area contributed by atoms with E-state index in [9.17, 15) is 4.79 Å². The molecule has 4 rings (SSSR count). The average molecular weight is 451 g/mol. The number of hydrogen-bond donors (Lipinski definition) is 0. The molecule has 0 aliphatic carbocycles. The summed E-state index contributed by atoms with van der Waals surface area (Å²) in [6.07, 6.45) is 0. The van der Waals surface area contributed by atoms with Gasteiger partial charge in [0, 0.05) is 14.7 Å². The highest BCUT2D eigenvalue weighted by molar-refractivity contribution is 14.1. The van der Waals surface area contributed by atoms with Crippen LogP contribution in [0, 0.1) is 3.57 Å². The molecule has 0 N–H and O–H groups in total. The molecule has 0 atom stereocenters. The van der Waals surface area contributed by atoms with Gasteiger partial charge in [-0.1, -0.05) is 65.9 Å². The van der Waals surface area contributed by atoms with Gasteiger partial charge in [-0.3, -0.25) is 4.79 Å². The first-order valence-electron chi connectivity index (χ1n) is 8.11. The molecule has 0 aliphatic heterocycles. The molecule has 5 heteroatoms. The van der Waals surface area contributed by atoms with Crippen molar-refractivity contribution in [1.29, 1.82) is 0 Å². The Hall–Kier alpha value is -2.80. The third-order valence-corrected chi connectivity index (χ3v) is 4.76. The maximum atomic E-state index is 13.0. The van der Waals surface area contributed by atoms with Crippen molar-refractivity contribution in [2.45, 2.75) is 0 Å². The molecule has 0 amide bonds. The van der Waals surface area contributed by atoms with Gasteiger partial charge in [0.1, 0.15) is 5.69 Å². The van der Waals surface area contributed by atoms with Gasteiger partial charge in [-0.25, -0.2) is 4.68 Å². The summed E-state index contributed by atoms with van der Waals surface area (Å²) in [7, 11) is 0. The van der Waals surface area contributed by atoms with E-state index < -0.39 is 0 Å². The molecule has 0 unspecified atom stereocenters. The zero-order valence-corrected chi connectivity index (χ0v) is 15.9. The standard InChI is InChI=1S/C21H14IN3O/c22-17-11-13-18(14-12-17)25-20(15-7-3-1-4-8-15)19(23-24-25)21(26)16-9-5-2-6-10-16/h1-14H. The molecule has 0 bridgehead atoms. The second-order valence-corrected chi connectivity index (χ2v) is 6.98. The number of ketones is 1. The molecule has 1 aromatic heterocycles. The number of carbonyl (C=O) groups excluding carboxylic acids is 1. The molecule has 26 heavy (non-hydrogen) atoms. The number of nitrogens with zero attached hydrogens (tertiary/aromatic N) is 3. The smallest absolute Gasteiger partial charge is 0.215 e. The second-order valence-electron chi connectivity index (χ2n) is 5.74. The van der Waals surface area contributed by atoms with E-state index >= 15 is 0 Å². The highest BCUT2D eigenvalue weighted by Crippen LogP contribution is 2.27. The minimum Gasteiger partial charge on any atom is -0.287 e. The van der Waals surface area contributed by atoms with Crippen LogP contribution in [0.5, 0.6) is 0 Å². The summed E-state index contributed by atoms with van der Waals surface area (Å²) in [5.41, 5.74) is 3.40. The summed E-state index contributed by atoms with van der Waals surface area (Å²) in [6.45, 7) is 0. The van der Waals surface area contributed by atoms with Crippen molar-refractivity contribution in [2.24, 2.45) is 0 Å². The first kappa shape index (κ1) is 16.7. The number of benzene rings is 3. The number of hydrogen-bond acceptors (Lipinski definition) is 3. The number of halogens is 1. The topological polar surface area (TPSA) is 47.8 Å². The van der Waals surface area contributed by atoms with E-state index in [1.54, 1.807) is 16.8 Å². The Labute approximate surface area is 164 Å². The molecule has 4 nitrogen and oxygen atoms in total. The van der Waals surface area contributed by atoms with Crippen molar-refractivity contribution >= 4 is 28.4 Å². The van der Waals surface area contributed by atoms with Crippen LogP contribution < -0.4 is 0 Å². The summed E-state index contributed by atoms with van der Waals surface area (Å²) in [5, 5.41) is 8.51. The predicted molar refractivity (Wildman–Crippen MR) is 109 cm³/mol. The van der Waals surface area contributed by atoms with Crippen LogP contribution in [0.15, 0.2) is 84.9 Å². The lowest BCUT2D eigenvalue weighted by Crippen LogP contribution is -2.05. The second kappa shape index (κ2) is 7.21. The van der Waals surface area contributed by atoms with Gasteiger partial charge in [0.15, 0.2) is 5.69 Å². The zero-order valence-electron chi connectivity index (χ0n) is 13.7. The molecule has 0 fully saturated rings. The van der Waals surface area contributed by atoms with Crippen LogP contribution in [-0.2, 0) is 0 Å². The van der Waals surface area contributed by atoms with E-state index in [0.29, 0.717) is 17.0 Å². The third-order valence-electron chi connectivity index (χ3n) is 4.04. The lowest BCUT2D eigenvalue weighted by Gasteiger charge is -2.08. The molecule has 126 valence electrons. The first-order valence-corrected chi connectivity index (χ1v) is 9.19. The minimum absolute atomic E-state index is 0.138. The average Bonchev–Trinajstić information content (AvgIpc) is 3.14. The third kappa shape index (κ3) is 3.17. The van der Waals surface area contributed by atoms with Crippen LogP contribution in [0.3, 0.4) is 0 Å². The van der Waals surface area contributed by atoms with Crippen LogP contribution >= 0.6 is 22.6 Å². The SMILES string of the molecule is O=C(c1ccccc1)c1nnn(-c2ccc(I)cc2)c1-c1ccccc1. The first-order chi connectivity index (χ1) is 12.7. The summed E-state index contributed by atoms with van der Waals surface area (Å²) in [6, 6.07) is 26.9. The molecular weight excluding hydrogens is 437 g/mol. The zero-order chi connectivity index (χ0) is 17.9. The number of rotatable bonds is 4. The molecule has 0 aliphatic rings. The van der Waals surface area contributed by atoms with Gasteiger partial charge in [0.2, 0.25) is 5.78 Å². The van der Waals surface area contributed by atoms with Crippen molar-refractivity contribution in [2.75, 3.05) is 0 Å². The molecule has 0 saturated heterocycles. The van der Waals surface area contributed by atoms with Gasteiger partial charge < -0.3 is 0 Å². The highest BCUT2D eigenvalue weighted by Gasteiger charge is 2.23. The summed E-state index contributed by atoms with van der Waals surface area (Å²) in [4.78, 5) is 13.0. The summed E-state index contributed by atoms with van der Waals surface area (Å²) >= 11 is 2.26. The van der Waals surface area contributed by atoms with Crippen molar-refractivity contribution in [3.8, 4) is 16.9 Å². The molecule has 0 saturated carbocycles. The maximum Gasteiger partial charge on any atom is 0.215 e. The fourth-order valence-corrected chi connectivity index (χ4v) is 3.14. The van der Waals surface area contributed by atoms with Crippen LogP contribution in [-0.4, -0.2) is 20.8 Å². The molecule has 4 aromatic rings. The van der Waals surface area contributed by atoms with Gasteiger partial charge in [0.05, 0.1) is 5.69 Å². The van der Waals surface area contributed by atoms with Gasteiger partial charge >= 0.3 is 0 Å². The van der Waals surface area contributed by atoms with Crippen LogP contribution in [0.1, 0.15) is 16.1 Å². The molecular formula is C21H14IN3O. The fraction of sp³-hybridized carbons (Fsp3) is 0. The van der Waals surface area contributed by atoms with E-state index in [0.717, 1.165) is 14.8 Å². The minimum atomic E-state index is -0.138. The summed E-state index contributed by atoms with van der Waals surface area (Å²) < 4.78 is 2.86. The van der Waals surface area contributed by atoms with Gasteiger partial charge in [-0.2, -0.15) is 0 Å². The lowest BCUT2D eigenvalue weighted by atomic mass is 10.0. The Kier molecular flexibility index (Phi) is 4.62. The number of carbonyl (C=O) groups is 1. The molecule has 1 heterocycles. The Balaban J connectivity index is 1.90. The lowest BCUT2D eigenvalue weighted by molar-refractivity contribution is 0.103. The van der Waals surface area contributed by atoms with Gasteiger partial charge in [-0.05, 0) is 46.9 Å². The van der Waals surface area contributed by atoms with E-state index in [1.165, 1.54) is 0 Å². The molecule has 0 radical (unpaired) electrons. The Morgan fingerprint density at radius 3 is 2.08 bits per heavy atom. The van der Waals surface area contributed by atoms with Crippen LogP contribution in [0.25, 0.3) is 16.9 Å².